The van der Waals surface area contributed by atoms with Crippen molar-refractivity contribution in [2.75, 3.05) is 13.2 Å². The van der Waals surface area contributed by atoms with Gasteiger partial charge < -0.3 is 19.1 Å². The summed E-state index contributed by atoms with van der Waals surface area (Å²) in [5, 5.41) is 46.8. The summed E-state index contributed by atoms with van der Waals surface area (Å²) in [4.78, 5) is 51.3. The van der Waals surface area contributed by atoms with Gasteiger partial charge in [0.2, 0.25) is 18.0 Å². The summed E-state index contributed by atoms with van der Waals surface area (Å²) in [7, 11) is 0. The molecule has 4 rings (SSSR count). The number of benzene rings is 3. The molecule has 2 atom stereocenters. The predicted molar refractivity (Wildman–Crippen MR) is 197 cm³/mol. The van der Waals surface area contributed by atoms with E-state index in [0.717, 1.165) is 27.9 Å². The normalized spacial score (nSPS) is 12.5. The molecule has 1 heterocycles. The first-order valence-electron chi connectivity index (χ1n) is 18.4. The van der Waals surface area contributed by atoms with Gasteiger partial charge in [0.25, 0.3) is 0 Å². The van der Waals surface area contributed by atoms with Gasteiger partial charge in [0.15, 0.2) is 0 Å². The van der Waals surface area contributed by atoms with Gasteiger partial charge in [-0.05, 0) is 71.7 Å². The van der Waals surface area contributed by atoms with Crippen molar-refractivity contribution in [1.29, 1.82) is 0 Å². The molecule has 1 amide bonds. The minimum atomic E-state index is -1.03. The number of carbonyl (C=O) groups is 3. The Morgan fingerprint density at radius 2 is 1.51 bits per heavy atom. The standard InChI is InChI=1S/C38H49N7O12/c1-5-6-16-34(46)42(35(26(2)3)37(47)53-21-9-10-22-54-44(49)50)24-28-17-19-30(20-18-28)32-14-7-8-15-33(32)36-39-41-43(40-36)27(4)56-38(48)57-31-13-11-12-29(23-31)25-55-45(51)52/h7-8,11-15,17-20,23,26-27,35,49-52H,5-6,9-10,16,21-22,24-25H2,1-4H3/t27?,35-/m0/s1. The third kappa shape index (κ3) is 13.9. The van der Waals surface area contributed by atoms with E-state index in [1.807, 2.05) is 69.3 Å². The van der Waals surface area contributed by atoms with Crippen LogP contribution in [0.4, 0.5) is 4.79 Å². The summed E-state index contributed by atoms with van der Waals surface area (Å²) in [6, 6.07) is 20.4. The zero-order valence-electron chi connectivity index (χ0n) is 32.2. The topological polar surface area (TPSA) is 232 Å². The second-order valence-electron chi connectivity index (χ2n) is 13.2. The minimum Gasteiger partial charge on any atom is -0.464 e. The van der Waals surface area contributed by atoms with Crippen molar-refractivity contribution in [3.8, 4) is 28.3 Å². The van der Waals surface area contributed by atoms with Crippen molar-refractivity contribution in [2.24, 2.45) is 5.92 Å². The number of esters is 1. The second-order valence-corrected chi connectivity index (χ2v) is 13.2. The van der Waals surface area contributed by atoms with Gasteiger partial charge in [-0.2, -0.15) is 0 Å². The Morgan fingerprint density at radius 3 is 2.19 bits per heavy atom. The first kappa shape index (κ1) is 44.3. The molecule has 0 aliphatic carbocycles. The maximum Gasteiger partial charge on any atom is 0.515 e. The van der Waals surface area contributed by atoms with Crippen LogP contribution < -0.4 is 4.74 Å². The maximum absolute atomic E-state index is 13.5. The Kier molecular flexibility index (Phi) is 17.4. The van der Waals surface area contributed by atoms with E-state index in [4.69, 9.17) is 35.0 Å². The molecule has 0 saturated heterocycles. The quantitative estimate of drug-likeness (QED) is 0.0303. The molecular weight excluding hydrogens is 746 g/mol. The lowest BCUT2D eigenvalue weighted by Gasteiger charge is -2.33. The van der Waals surface area contributed by atoms with Crippen LogP contribution in [0.15, 0.2) is 72.8 Å². The molecule has 3 aromatic carbocycles. The van der Waals surface area contributed by atoms with E-state index in [-0.39, 0.29) is 61.6 Å². The second kappa shape index (κ2) is 22.4. The number of hydrogen-bond donors (Lipinski definition) is 4. The Balaban J connectivity index is 1.44. The fourth-order valence-corrected chi connectivity index (χ4v) is 5.72. The highest BCUT2D eigenvalue weighted by molar-refractivity contribution is 5.85. The summed E-state index contributed by atoms with van der Waals surface area (Å²) >= 11 is 0. The summed E-state index contributed by atoms with van der Waals surface area (Å²) in [5.41, 5.74) is 3.58. The molecule has 1 unspecified atom stereocenters. The van der Waals surface area contributed by atoms with Crippen LogP contribution in [0.25, 0.3) is 22.5 Å². The average Bonchev–Trinajstić information content (AvgIpc) is 3.68. The van der Waals surface area contributed by atoms with Gasteiger partial charge in [0, 0.05) is 18.5 Å². The lowest BCUT2D eigenvalue weighted by atomic mass is 9.97. The molecule has 0 aliphatic heterocycles. The van der Waals surface area contributed by atoms with Gasteiger partial charge in [-0.3, -0.25) is 30.5 Å². The summed E-state index contributed by atoms with van der Waals surface area (Å²) < 4.78 is 16.2. The van der Waals surface area contributed by atoms with E-state index in [2.05, 4.69) is 25.1 Å². The monoisotopic (exact) mass is 795 g/mol. The molecule has 0 aliphatic rings. The van der Waals surface area contributed by atoms with Gasteiger partial charge in [-0.1, -0.05) is 87.9 Å². The first-order valence-corrected chi connectivity index (χ1v) is 18.4. The van der Waals surface area contributed by atoms with Crippen molar-refractivity contribution in [3.05, 3.63) is 83.9 Å². The molecule has 0 radical (unpaired) electrons. The first-order chi connectivity index (χ1) is 27.4. The molecule has 19 heteroatoms. The molecule has 4 N–H and O–H groups in total. The molecule has 0 spiro atoms. The van der Waals surface area contributed by atoms with E-state index in [1.165, 1.54) is 12.1 Å². The van der Waals surface area contributed by atoms with E-state index >= 15 is 0 Å². The number of amides is 1. The van der Waals surface area contributed by atoms with Gasteiger partial charge in [-0.15, -0.1) is 15.0 Å². The molecule has 0 bridgehead atoms. The number of unbranched alkanes of at least 4 members (excludes halogenated alkanes) is 2. The average molecular weight is 796 g/mol. The van der Waals surface area contributed by atoms with Gasteiger partial charge in [0.05, 0.1) is 30.6 Å². The van der Waals surface area contributed by atoms with E-state index in [1.54, 1.807) is 24.0 Å². The van der Waals surface area contributed by atoms with Crippen molar-refractivity contribution < 1.29 is 59.1 Å². The smallest absolute Gasteiger partial charge is 0.464 e. The highest BCUT2D eigenvalue weighted by Crippen LogP contribution is 2.31. The number of ether oxygens (including phenoxy) is 3. The third-order valence-electron chi connectivity index (χ3n) is 8.52. The molecule has 4 aromatic rings. The van der Waals surface area contributed by atoms with Crippen LogP contribution in [-0.2, 0) is 41.9 Å². The number of carbonyl (C=O) groups excluding carboxylic acids is 3. The van der Waals surface area contributed by atoms with Crippen LogP contribution in [0.1, 0.15) is 77.2 Å². The SMILES string of the molecule is CCCCC(=O)N(Cc1ccc(-c2ccccc2-c2nnn(C(C)OC(=O)Oc3cccc(CON(O)O)c3)n2)cc1)[C@H](C(=O)OCCCCON(O)O)C(C)C. The number of nitrogens with zero attached hydrogens (tertiary/aromatic N) is 7. The summed E-state index contributed by atoms with van der Waals surface area (Å²) in [6.45, 7) is 7.37. The van der Waals surface area contributed by atoms with Crippen LogP contribution in [0.5, 0.6) is 5.75 Å². The lowest BCUT2D eigenvalue weighted by Crippen LogP contribution is -2.48. The Labute approximate surface area is 329 Å². The third-order valence-corrected chi connectivity index (χ3v) is 8.52. The van der Waals surface area contributed by atoms with Crippen LogP contribution in [0.2, 0.25) is 0 Å². The van der Waals surface area contributed by atoms with Gasteiger partial charge >= 0.3 is 12.1 Å². The van der Waals surface area contributed by atoms with Crippen LogP contribution in [0, 0.1) is 5.92 Å². The predicted octanol–water partition coefficient (Wildman–Crippen LogP) is 6.13. The number of hydrogen-bond acceptors (Lipinski definition) is 17. The largest absolute Gasteiger partial charge is 0.515 e. The number of rotatable bonds is 22. The zero-order valence-corrected chi connectivity index (χ0v) is 32.2. The Morgan fingerprint density at radius 1 is 0.807 bits per heavy atom. The van der Waals surface area contributed by atoms with E-state index in [9.17, 15) is 14.4 Å². The zero-order chi connectivity index (χ0) is 41.3. The summed E-state index contributed by atoms with van der Waals surface area (Å²) in [5.74, 6) is -0.492. The lowest BCUT2D eigenvalue weighted by molar-refractivity contribution is -0.497. The minimum absolute atomic E-state index is 0.0268. The van der Waals surface area contributed by atoms with Crippen molar-refractivity contribution >= 4 is 18.0 Å². The molecule has 19 nitrogen and oxygen atoms in total. The molecular formula is C38H49N7O12. The van der Waals surface area contributed by atoms with Crippen LogP contribution in [0.3, 0.4) is 0 Å². The Hall–Kier alpha value is -5.38. The van der Waals surface area contributed by atoms with Crippen LogP contribution in [-0.4, -0.2) is 94.0 Å². The molecule has 1 aromatic heterocycles. The number of aromatic nitrogens is 4. The van der Waals surface area contributed by atoms with E-state index < -0.39 is 29.8 Å². The fraction of sp³-hybridized carbons (Fsp3) is 0.421. The van der Waals surface area contributed by atoms with E-state index in [0.29, 0.717) is 30.4 Å². The Bertz CT molecular complexity index is 1870. The maximum atomic E-state index is 13.5. The van der Waals surface area contributed by atoms with Crippen molar-refractivity contribution in [2.45, 2.75) is 85.2 Å². The van der Waals surface area contributed by atoms with Crippen molar-refractivity contribution in [3.63, 3.8) is 0 Å². The van der Waals surface area contributed by atoms with Crippen LogP contribution >= 0.6 is 0 Å². The summed E-state index contributed by atoms with van der Waals surface area (Å²) in [6.07, 6.45) is 0.593. The van der Waals surface area contributed by atoms with Crippen molar-refractivity contribution in [1.82, 2.24) is 35.9 Å². The molecule has 308 valence electrons. The molecule has 0 saturated carbocycles. The number of tetrazole rings is 1. The highest BCUT2D eigenvalue weighted by atomic mass is 17.1. The van der Waals surface area contributed by atoms with Gasteiger partial charge in [-0.25, -0.2) is 14.4 Å². The highest BCUT2D eigenvalue weighted by Gasteiger charge is 2.33. The fourth-order valence-electron chi connectivity index (χ4n) is 5.72. The molecule has 57 heavy (non-hydrogen) atoms. The molecule has 0 fully saturated rings. The van der Waals surface area contributed by atoms with Gasteiger partial charge in [0.1, 0.15) is 11.8 Å².